The molecule has 98 valence electrons. The third-order valence-electron chi connectivity index (χ3n) is 3.53. The number of nitrogens with one attached hydrogen (secondary N) is 1. The molecule has 0 amide bonds. The van der Waals surface area contributed by atoms with Gasteiger partial charge in [-0.15, -0.1) is 0 Å². The van der Waals surface area contributed by atoms with Crippen LogP contribution in [0.3, 0.4) is 0 Å². The van der Waals surface area contributed by atoms with Crippen LogP contribution in [0.2, 0.25) is 0 Å². The van der Waals surface area contributed by atoms with Gasteiger partial charge in [0.05, 0.1) is 0 Å². The van der Waals surface area contributed by atoms with Crippen LogP contribution in [0.5, 0.6) is 0 Å². The summed E-state index contributed by atoms with van der Waals surface area (Å²) < 4.78 is 0. The summed E-state index contributed by atoms with van der Waals surface area (Å²) in [4.78, 5) is 4.35. The lowest BCUT2D eigenvalue weighted by Crippen LogP contribution is -2.22. The van der Waals surface area contributed by atoms with Gasteiger partial charge in [0.2, 0.25) is 0 Å². The molecule has 0 heterocycles. The number of aliphatic imine (C=N–C) groups is 1. The van der Waals surface area contributed by atoms with Crippen molar-refractivity contribution in [2.45, 2.75) is 39.5 Å². The fraction of sp³-hybridized carbons (Fsp3) is 0.533. The summed E-state index contributed by atoms with van der Waals surface area (Å²) in [6.45, 7) is 5.04. The molecule has 0 aromatic heterocycles. The SMILES string of the molecule is Cc1ccc(NC(N)=NCCCC2CC2)cc1C. The molecular weight excluding hydrogens is 222 g/mol. The molecule has 0 atom stereocenters. The summed E-state index contributed by atoms with van der Waals surface area (Å²) in [5.74, 6) is 1.50. The number of nitrogens with two attached hydrogens (primary N) is 1. The summed E-state index contributed by atoms with van der Waals surface area (Å²) in [6.07, 6.45) is 5.29. The molecule has 1 aromatic carbocycles. The van der Waals surface area contributed by atoms with Crippen LogP contribution in [0.4, 0.5) is 5.69 Å². The lowest BCUT2D eigenvalue weighted by atomic mass is 10.1. The maximum atomic E-state index is 5.87. The Morgan fingerprint density at radius 1 is 1.33 bits per heavy atom. The molecule has 1 saturated carbocycles. The van der Waals surface area contributed by atoms with Crippen molar-refractivity contribution < 1.29 is 0 Å². The molecule has 0 spiro atoms. The van der Waals surface area contributed by atoms with Crippen molar-refractivity contribution >= 4 is 11.6 Å². The maximum Gasteiger partial charge on any atom is 0.193 e. The van der Waals surface area contributed by atoms with Crippen molar-refractivity contribution in [1.82, 2.24) is 0 Å². The quantitative estimate of drug-likeness (QED) is 0.475. The predicted octanol–water partition coefficient (Wildman–Crippen LogP) is 3.22. The minimum atomic E-state index is 0.522. The first-order valence-electron chi connectivity index (χ1n) is 6.79. The highest BCUT2D eigenvalue weighted by Gasteiger charge is 2.19. The minimum absolute atomic E-state index is 0.522. The first-order chi connectivity index (χ1) is 8.65. The smallest absolute Gasteiger partial charge is 0.193 e. The first-order valence-corrected chi connectivity index (χ1v) is 6.79. The van der Waals surface area contributed by atoms with Gasteiger partial charge >= 0.3 is 0 Å². The number of benzene rings is 1. The molecule has 0 unspecified atom stereocenters. The fourth-order valence-corrected chi connectivity index (χ4v) is 1.99. The van der Waals surface area contributed by atoms with E-state index < -0.39 is 0 Å². The number of aryl methyl sites for hydroxylation is 2. The lowest BCUT2D eigenvalue weighted by molar-refractivity contribution is 0.675. The molecule has 0 aliphatic heterocycles. The van der Waals surface area contributed by atoms with E-state index in [1.807, 2.05) is 6.07 Å². The molecule has 1 fully saturated rings. The Morgan fingerprint density at radius 3 is 2.78 bits per heavy atom. The van der Waals surface area contributed by atoms with E-state index in [4.69, 9.17) is 5.73 Å². The van der Waals surface area contributed by atoms with E-state index in [9.17, 15) is 0 Å². The van der Waals surface area contributed by atoms with Crippen LogP contribution >= 0.6 is 0 Å². The predicted molar refractivity (Wildman–Crippen MR) is 78.0 cm³/mol. The second-order valence-electron chi connectivity index (χ2n) is 5.28. The van der Waals surface area contributed by atoms with Gasteiger partial charge in [0.25, 0.3) is 0 Å². The van der Waals surface area contributed by atoms with Crippen molar-refractivity contribution in [3.8, 4) is 0 Å². The average Bonchev–Trinajstić information content (AvgIpc) is 3.14. The van der Waals surface area contributed by atoms with E-state index in [1.54, 1.807) is 0 Å². The largest absolute Gasteiger partial charge is 0.370 e. The molecule has 0 bridgehead atoms. The Morgan fingerprint density at radius 2 is 2.11 bits per heavy atom. The van der Waals surface area contributed by atoms with Gasteiger partial charge in [-0.3, -0.25) is 4.99 Å². The third kappa shape index (κ3) is 4.06. The van der Waals surface area contributed by atoms with Gasteiger partial charge in [0, 0.05) is 12.2 Å². The number of anilines is 1. The zero-order valence-electron chi connectivity index (χ0n) is 11.4. The molecule has 3 heteroatoms. The maximum absolute atomic E-state index is 5.87. The van der Waals surface area contributed by atoms with Crippen molar-refractivity contribution in [1.29, 1.82) is 0 Å². The van der Waals surface area contributed by atoms with Gasteiger partial charge in [-0.05, 0) is 55.9 Å². The van der Waals surface area contributed by atoms with Crippen molar-refractivity contribution in [3.05, 3.63) is 29.3 Å². The zero-order chi connectivity index (χ0) is 13.0. The van der Waals surface area contributed by atoms with Gasteiger partial charge in [0.15, 0.2) is 5.96 Å². The van der Waals surface area contributed by atoms with Crippen LogP contribution in [-0.2, 0) is 0 Å². The number of hydrogen-bond acceptors (Lipinski definition) is 1. The van der Waals surface area contributed by atoms with E-state index in [0.717, 1.165) is 24.6 Å². The highest BCUT2D eigenvalue weighted by atomic mass is 15.1. The Bertz CT molecular complexity index is 433. The molecule has 2 rings (SSSR count). The standard InChI is InChI=1S/C15H23N3/c1-11-5-8-14(10-12(11)2)18-15(16)17-9-3-4-13-6-7-13/h5,8,10,13H,3-4,6-7,9H2,1-2H3,(H3,16,17,18). The minimum Gasteiger partial charge on any atom is -0.370 e. The number of hydrogen-bond donors (Lipinski definition) is 2. The van der Waals surface area contributed by atoms with Gasteiger partial charge in [0.1, 0.15) is 0 Å². The zero-order valence-corrected chi connectivity index (χ0v) is 11.4. The van der Waals surface area contributed by atoms with Crippen molar-refractivity contribution in [3.63, 3.8) is 0 Å². The van der Waals surface area contributed by atoms with E-state index in [2.05, 4.69) is 36.3 Å². The molecule has 3 nitrogen and oxygen atoms in total. The van der Waals surface area contributed by atoms with Gasteiger partial charge < -0.3 is 11.1 Å². The van der Waals surface area contributed by atoms with Crippen molar-refractivity contribution in [2.75, 3.05) is 11.9 Å². The second-order valence-corrected chi connectivity index (χ2v) is 5.28. The Balaban J connectivity index is 1.79. The number of guanidine groups is 1. The molecule has 18 heavy (non-hydrogen) atoms. The first kappa shape index (κ1) is 12.9. The lowest BCUT2D eigenvalue weighted by Gasteiger charge is -2.08. The monoisotopic (exact) mass is 245 g/mol. The molecule has 1 aromatic rings. The van der Waals surface area contributed by atoms with Crippen LogP contribution in [0.25, 0.3) is 0 Å². The summed E-state index contributed by atoms with van der Waals surface area (Å²) in [6, 6.07) is 6.23. The molecular formula is C15H23N3. The van der Waals surface area contributed by atoms with E-state index in [0.29, 0.717) is 5.96 Å². The van der Waals surface area contributed by atoms with Crippen LogP contribution in [-0.4, -0.2) is 12.5 Å². The van der Waals surface area contributed by atoms with Crippen LogP contribution in [0.15, 0.2) is 23.2 Å². The number of nitrogens with zero attached hydrogens (tertiary/aromatic N) is 1. The normalized spacial score (nSPS) is 15.8. The summed E-state index contributed by atoms with van der Waals surface area (Å²) in [7, 11) is 0. The molecule has 3 N–H and O–H groups in total. The Kier molecular flexibility index (Phi) is 4.24. The third-order valence-corrected chi connectivity index (χ3v) is 3.53. The van der Waals surface area contributed by atoms with E-state index in [1.165, 1.54) is 30.4 Å². The van der Waals surface area contributed by atoms with Gasteiger partial charge in [-0.2, -0.15) is 0 Å². The molecule has 1 aliphatic carbocycles. The molecule has 0 radical (unpaired) electrons. The molecule has 0 saturated heterocycles. The van der Waals surface area contributed by atoms with Crippen LogP contribution in [0.1, 0.15) is 36.8 Å². The fourth-order valence-electron chi connectivity index (χ4n) is 1.99. The Hall–Kier alpha value is -1.51. The van der Waals surface area contributed by atoms with E-state index in [-0.39, 0.29) is 0 Å². The average molecular weight is 245 g/mol. The second kappa shape index (κ2) is 5.89. The molecule has 1 aliphatic rings. The van der Waals surface area contributed by atoms with Gasteiger partial charge in [-0.1, -0.05) is 18.9 Å². The number of rotatable bonds is 5. The topological polar surface area (TPSA) is 50.4 Å². The highest BCUT2D eigenvalue weighted by Crippen LogP contribution is 2.33. The van der Waals surface area contributed by atoms with Crippen LogP contribution < -0.4 is 11.1 Å². The highest BCUT2D eigenvalue weighted by molar-refractivity contribution is 5.92. The van der Waals surface area contributed by atoms with Gasteiger partial charge in [-0.25, -0.2) is 0 Å². The summed E-state index contributed by atoms with van der Waals surface area (Å²) in [5.41, 5.74) is 9.44. The van der Waals surface area contributed by atoms with E-state index >= 15 is 0 Å². The summed E-state index contributed by atoms with van der Waals surface area (Å²) >= 11 is 0. The summed E-state index contributed by atoms with van der Waals surface area (Å²) in [5, 5.41) is 3.14. The van der Waals surface area contributed by atoms with Crippen LogP contribution in [0, 0.1) is 19.8 Å². The Labute approximate surface area is 109 Å². The van der Waals surface area contributed by atoms with Crippen molar-refractivity contribution in [2.24, 2.45) is 16.6 Å².